The lowest BCUT2D eigenvalue weighted by atomic mass is 10.1. The Morgan fingerprint density at radius 2 is 1.96 bits per heavy atom. The van der Waals surface area contributed by atoms with Crippen LogP contribution < -0.4 is 5.32 Å². The van der Waals surface area contributed by atoms with Crippen LogP contribution in [0.5, 0.6) is 0 Å². The van der Waals surface area contributed by atoms with E-state index in [4.69, 9.17) is 0 Å². The van der Waals surface area contributed by atoms with Gasteiger partial charge in [0, 0.05) is 6.04 Å². The molecule has 0 bridgehead atoms. The Labute approximate surface area is 144 Å². The first kappa shape index (κ1) is 17.2. The van der Waals surface area contributed by atoms with Gasteiger partial charge in [0.05, 0.1) is 16.8 Å². The fraction of sp³-hybridized carbons (Fsp3) is 0.529. The third-order valence-electron chi connectivity index (χ3n) is 4.31. The van der Waals surface area contributed by atoms with E-state index in [2.05, 4.69) is 10.3 Å². The second-order valence-corrected chi connectivity index (χ2v) is 7.02. The van der Waals surface area contributed by atoms with Crippen molar-refractivity contribution in [1.82, 2.24) is 14.9 Å². The van der Waals surface area contributed by atoms with Crippen molar-refractivity contribution in [2.75, 3.05) is 5.75 Å². The maximum absolute atomic E-state index is 13.3. The van der Waals surface area contributed by atoms with E-state index >= 15 is 0 Å². The van der Waals surface area contributed by atoms with Crippen LogP contribution in [0.15, 0.2) is 29.4 Å². The summed E-state index contributed by atoms with van der Waals surface area (Å²) in [6, 6.07) is 7.00. The maximum atomic E-state index is 13.3. The van der Waals surface area contributed by atoms with Crippen LogP contribution >= 0.6 is 11.8 Å². The summed E-state index contributed by atoms with van der Waals surface area (Å²) < 4.78 is 27.6. The standard InChI is InChI=1S/C17H21F2N3OS/c18-16(19)22-14-10-6-5-9-13(14)21-17(22)24-11-15(23)20-12-7-3-1-2-4-8-12/h5-6,9-10,12,16H,1-4,7-8,11H2,(H,20,23). The van der Waals surface area contributed by atoms with E-state index in [0.29, 0.717) is 11.0 Å². The Bertz CT molecular complexity index is 696. The van der Waals surface area contributed by atoms with Crippen LogP contribution in [0.2, 0.25) is 0 Å². The van der Waals surface area contributed by atoms with Gasteiger partial charge in [0.1, 0.15) is 0 Å². The molecule has 2 aromatic rings. The highest BCUT2D eigenvalue weighted by Crippen LogP contribution is 2.29. The molecule has 1 aliphatic carbocycles. The topological polar surface area (TPSA) is 46.9 Å². The molecule has 1 aliphatic rings. The third kappa shape index (κ3) is 4.06. The van der Waals surface area contributed by atoms with Crippen molar-refractivity contribution >= 4 is 28.7 Å². The van der Waals surface area contributed by atoms with Gasteiger partial charge in [-0.05, 0) is 25.0 Å². The molecule has 1 heterocycles. The van der Waals surface area contributed by atoms with E-state index in [1.807, 2.05) is 0 Å². The number of imidazole rings is 1. The normalized spacial score (nSPS) is 16.5. The van der Waals surface area contributed by atoms with Crippen molar-refractivity contribution in [2.24, 2.45) is 0 Å². The molecule has 1 N–H and O–H groups in total. The summed E-state index contributed by atoms with van der Waals surface area (Å²) >= 11 is 1.06. The first-order valence-corrected chi connectivity index (χ1v) is 9.31. The predicted molar refractivity (Wildman–Crippen MR) is 91.3 cm³/mol. The lowest BCUT2D eigenvalue weighted by Crippen LogP contribution is -2.35. The van der Waals surface area contributed by atoms with Crippen molar-refractivity contribution in [3.63, 3.8) is 0 Å². The highest BCUT2D eigenvalue weighted by molar-refractivity contribution is 7.99. The van der Waals surface area contributed by atoms with Crippen LogP contribution in [0.1, 0.15) is 45.1 Å². The summed E-state index contributed by atoms with van der Waals surface area (Å²) in [5.74, 6) is -0.00761. The van der Waals surface area contributed by atoms with Gasteiger partial charge in [-0.25, -0.2) is 4.98 Å². The molecule has 1 saturated carbocycles. The summed E-state index contributed by atoms with van der Waals surface area (Å²) in [5.41, 5.74) is 0.906. The van der Waals surface area contributed by atoms with Gasteiger partial charge < -0.3 is 5.32 Å². The Morgan fingerprint density at radius 3 is 2.67 bits per heavy atom. The Kier molecular flexibility index (Phi) is 5.71. The van der Waals surface area contributed by atoms with Gasteiger partial charge in [-0.3, -0.25) is 9.36 Å². The summed E-state index contributed by atoms with van der Waals surface area (Å²) in [6.07, 6.45) is 6.73. The zero-order valence-electron chi connectivity index (χ0n) is 13.4. The number of carbonyl (C=O) groups is 1. The van der Waals surface area contributed by atoms with E-state index in [-0.39, 0.29) is 22.9 Å². The number of nitrogens with one attached hydrogen (secondary N) is 1. The van der Waals surface area contributed by atoms with Gasteiger partial charge in [0.15, 0.2) is 5.16 Å². The number of alkyl halides is 2. The molecule has 4 nitrogen and oxygen atoms in total. The molecule has 7 heteroatoms. The second kappa shape index (κ2) is 7.96. The fourth-order valence-corrected chi connectivity index (χ4v) is 3.96. The molecule has 24 heavy (non-hydrogen) atoms. The number of hydrogen-bond donors (Lipinski definition) is 1. The minimum atomic E-state index is -2.68. The molecule has 0 aliphatic heterocycles. The van der Waals surface area contributed by atoms with Crippen molar-refractivity contribution in [1.29, 1.82) is 0 Å². The smallest absolute Gasteiger partial charge is 0.321 e. The average Bonchev–Trinajstić information content (AvgIpc) is 2.75. The number of para-hydroxylation sites is 2. The van der Waals surface area contributed by atoms with Crippen LogP contribution in [0.4, 0.5) is 8.78 Å². The summed E-state index contributed by atoms with van der Waals surface area (Å²) in [6.45, 7) is -2.68. The fourth-order valence-electron chi connectivity index (χ4n) is 3.14. The van der Waals surface area contributed by atoms with E-state index in [1.54, 1.807) is 24.3 Å². The number of nitrogens with zero attached hydrogens (tertiary/aromatic N) is 2. The first-order valence-electron chi connectivity index (χ1n) is 8.32. The SMILES string of the molecule is O=C(CSc1nc2ccccc2n1C(F)F)NC1CCCCCC1. The minimum Gasteiger partial charge on any atom is -0.353 e. The first-order chi connectivity index (χ1) is 11.6. The van der Waals surface area contributed by atoms with E-state index in [0.717, 1.165) is 42.0 Å². The van der Waals surface area contributed by atoms with Gasteiger partial charge in [-0.15, -0.1) is 0 Å². The van der Waals surface area contributed by atoms with E-state index < -0.39 is 6.55 Å². The number of thioether (sulfide) groups is 1. The number of carbonyl (C=O) groups excluding carboxylic acids is 1. The predicted octanol–water partition coefficient (Wildman–Crippen LogP) is 4.36. The molecule has 0 radical (unpaired) electrons. The highest BCUT2D eigenvalue weighted by Gasteiger charge is 2.20. The van der Waals surface area contributed by atoms with Gasteiger partial charge in [-0.2, -0.15) is 8.78 Å². The van der Waals surface area contributed by atoms with Gasteiger partial charge >= 0.3 is 6.55 Å². The molecule has 1 amide bonds. The van der Waals surface area contributed by atoms with E-state index in [9.17, 15) is 13.6 Å². The molecule has 3 rings (SSSR count). The number of hydrogen-bond acceptors (Lipinski definition) is 3. The molecule has 1 aromatic heterocycles. The molecule has 130 valence electrons. The van der Waals surface area contributed by atoms with Gasteiger partial charge in [0.25, 0.3) is 0 Å². The quantitative estimate of drug-likeness (QED) is 0.642. The van der Waals surface area contributed by atoms with Crippen LogP contribution in [-0.4, -0.2) is 27.3 Å². The van der Waals surface area contributed by atoms with Crippen LogP contribution in [-0.2, 0) is 4.79 Å². The Hall–Kier alpha value is -1.63. The number of halogens is 2. The number of rotatable bonds is 5. The Morgan fingerprint density at radius 1 is 1.25 bits per heavy atom. The summed E-state index contributed by atoms with van der Waals surface area (Å²) in [7, 11) is 0. The molecule has 0 spiro atoms. The zero-order chi connectivity index (χ0) is 16.9. The van der Waals surface area contributed by atoms with Gasteiger partial charge in [0.2, 0.25) is 5.91 Å². The number of fused-ring (bicyclic) bond motifs is 1. The van der Waals surface area contributed by atoms with Crippen molar-refractivity contribution in [3.05, 3.63) is 24.3 Å². The molecule has 0 unspecified atom stereocenters. The lowest BCUT2D eigenvalue weighted by molar-refractivity contribution is -0.119. The Balaban J connectivity index is 1.64. The summed E-state index contributed by atoms with van der Waals surface area (Å²) in [5, 5.41) is 3.21. The van der Waals surface area contributed by atoms with Crippen LogP contribution in [0.3, 0.4) is 0 Å². The largest absolute Gasteiger partial charge is 0.353 e. The van der Waals surface area contributed by atoms with Crippen LogP contribution in [0, 0.1) is 0 Å². The average molecular weight is 353 g/mol. The lowest BCUT2D eigenvalue weighted by Gasteiger charge is -2.16. The molecule has 1 fully saturated rings. The molecule has 1 aromatic carbocycles. The minimum absolute atomic E-state index is 0.104. The zero-order valence-corrected chi connectivity index (χ0v) is 14.2. The molecular weight excluding hydrogens is 332 g/mol. The monoisotopic (exact) mass is 353 g/mol. The maximum Gasteiger partial charge on any atom is 0.321 e. The highest BCUT2D eigenvalue weighted by atomic mass is 32.2. The number of benzene rings is 1. The van der Waals surface area contributed by atoms with Crippen molar-refractivity contribution in [2.45, 2.75) is 56.3 Å². The van der Waals surface area contributed by atoms with E-state index in [1.165, 1.54) is 12.8 Å². The molecular formula is C17H21F2N3OS. The van der Waals surface area contributed by atoms with Crippen molar-refractivity contribution in [3.8, 4) is 0 Å². The molecule has 0 atom stereocenters. The van der Waals surface area contributed by atoms with Crippen molar-refractivity contribution < 1.29 is 13.6 Å². The second-order valence-electron chi connectivity index (χ2n) is 6.08. The van der Waals surface area contributed by atoms with Gasteiger partial charge in [-0.1, -0.05) is 49.6 Å². The van der Waals surface area contributed by atoms with Crippen LogP contribution in [0.25, 0.3) is 11.0 Å². The number of aromatic nitrogens is 2. The number of amides is 1. The summed E-state index contributed by atoms with van der Waals surface area (Å²) in [4.78, 5) is 16.4. The molecule has 0 saturated heterocycles. The third-order valence-corrected chi connectivity index (χ3v) is 5.26.